The summed E-state index contributed by atoms with van der Waals surface area (Å²) in [5.74, 6) is 0. The van der Waals surface area contributed by atoms with Crippen LogP contribution in [0.1, 0.15) is 46.5 Å². The molecule has 5 heteroatoms. The Kier molecular flexibility index (Phi) is 9.48. The van der Waals surface area contributed by atoms with Crippen molar-refractivity contribution in [2.75, 3.05) is 52.9 Å². The van der Waals surface area contributed by atoms with E-state index in [9.17, 15) is 4.79 Å². The van der Waals surface area contributed by atoms with E-state index in [2.05, 4.69) is 23.8 Å². The Balaban J connectivity index is 2.02. The molecule has 0 aromatic rings. The number of carbonyl (C=O) groups excluding carboxylic acids is 1. The van der Waals surface area contributed by atoms with Crippen molar-refractivity contribution in [1.29, 1.82) is 0 Å². The molecule has 0 atom stereocenters. The van der Waals surface area contributed by atoms with E-state index in [1.54, 1.807) is 0 Å². The summed E-state index contributed by atoms with van der Waals surface area (Å²) in [6.07, 6.45) is 5.02. The Bertz CT molecular complexity index is 302. The van der Waals surface area contributed by atoms with E-state index in [0.29, 0.717) is 0 Å². The minimum Gasteiger partial charge on any atom is -0.447 e. The van der Waals surface area contributed by atoms with E-state index in [4.69, 9.17) is 4.74 Å². The van der Waals surface area contributed by atoms with Crippen molar-refractivity contribution in [3.8, 4) is 0 Å². The summed E-state index contributed by atoms with van der Waals surface area (Å²) in [4.78, 5) is 18.5. The third kappa shape index (κ3) is 7.99. The first-order valence-electron chi connectivity index (χ1n) is 8.89. The lowest BCUT2D eigenvalue weighted by molar-refractivity contribution is 0.0569. The zero-order valence-electron chi connectivity index (χ0n) is 15.0. The largest absolute Gasteiger partial charge is 0.447 e. The predicted octanol–water partition coefficient (Wildman–Crippen LogP) is 2.66. The van der Waals surface area contributed by atoms with Gasteiger partial charge in [-0.15, -0.1) is 0 Å². The van der Waals surface area contributed by atoms with Crippen LogP contribution in [0.5, 0.6) is 0 Å². The topological polar surface area (TPSA) is 36.0 Å². The second kappa shape index (κ2) is 10.8. The number of hydrogen-bond donors (Lipinski definition) is 0. The number of rotatable bonds is 9. The first-order chi connectivity index (χ1) is 10.5. The molecule has 0 N–H and O–H groups in total. The van der Waals surface area contributed by atoms with Crippen molar-refractivity contribution in [3.05, 3.63) is 0 Å². The van der Waals surface area contributed by atoms with Gasteiger partial charge in [0.15, 0.2) is 0 Å². The minimum absolute atomic E-state index is 0.0303. The van der Waals surface area contributed by atoms with Gasteiger partial charge in [0.25, 0.3) is 0 Å². The summed E-state index contributed by atoms with van der Waals surface area (Å²) >= 11 is 0. The second-order valence-electron chi connectivity index (χ2n) is 6.57. The van der Waals surface area contributed by atoms with E-state index >= 15 is 0 Å². The molecule has 0 saturated carbocycles. The molecule has 1 aliphatic heterocycles. The van der Waals surface area contributed by atoms with Gasteiger partial charge in [-0.1, -0.05) is 19.8 Å². The Morgan fingerprint density at radius 2 is 1.73 bits per heavy atom. The van der Waals surface area contributed by atoms with Crippen LogP contribution < -0.4 is 0 Å². The molecule has 1 fully saturated rings. The van der Waals surface area contributed by atoms with Gasteiger partial charge in [0.2, 0.25) is 0 Å². The van der Waals surface area contributed by atoms with Gasteiger partial charge in [0.1, 0.15) is 0 Å². The summed E-state index contributed by atoms with van der Waals surface area (Å²) < 4.78 is 5.24. The van der Waals surface area contributed by atoms with Gasteiger partial charge in [-0.25, -0.2) is 4.79 Å². The second-order valence-corrected chi connectivity index (χ2v) is 6.57. The highest BCUT2D eigenvalue weighted by molar-refractivity contribution is 5.67. The average molecular weight is 313 g/mol. The van der Waals surface area contributed by atoms with Gasteiger partial charge in [-0.2, -0.15) is 0 Å². The fourth-order valence-corrected chi connectivity index (χ4v) is 2.66. The summed E-state index contributed by atoms with van der Waals surface area (Å²) in [5, 5.41) is 0. The van der Waals surface area contributed by atoms with Crippen LogP contribution in [0.15, 0.2) is 0 Å². The molecule has 0 unspecified atom stereocenters. The Labute approximate surface area is 136 Å². The molecule has 0 aliphatic carbocycles. The van der Waals surface area contributed by atoms with Crippen molar-refractivity contribution in [3.63, 3.8) is 0 Å². The van der Waals surface area contributed by atoms with Gasteiger partial charge < -0.3 is 14.5 Å². The third-order valence-electron chi connectivity index (χ3n) is 4.27. The highest BCUT2D eigenvalue weighted by Gasteiger charge is 2.22. The lowest BCUT2D eigenvalue weighted by Crippen LogP contribution is -2.49. The van der Waals surface area contributed by atoms with Gasteiger partial charge in [-0.3, -0.25) is 4.90 Å². The molecule has 5 nitrogen and oxygen atoms in total. The first kappa shape index (κ1) is 19.2. The monoisotopic (exact) mass is 313 g/mol. The SMILES string of the molecule is CCN(C)CCCCCCN1CCN(C(=O)OC(C)C)CC1. The number of amides is 1. The third-order valence-corrected chi connectivity index (χ3v) is 4.27. The van der Waals surface area contributed by atoms with E-state index in [1.165, 1.54) is 32.2 Å². The Hall–Kier alpha value is -0.810. The van der Waals surface area contributed by atoms with Crippen LogP contribution in [0.3, 0.4) is 0 Å². The molecule has 130 valence electrons. The average Bonchev–Trinajstić information content (AvgIpc) is 2.50. The van der Waals surface area contributed by atoms with Crippen molar-refractivity contribution in [2.45, 2.75) is 52.6 Å². The van der Waals surface area contributed by atoms with Crippen LogP contribution in [0.4, 0.5) is 4.79 Å². The van der Waals surface area contributed by atoms with Crippen molar-refractivity contribution < 1.29 is 9.53 Å². The fraction of sp³-hybridized carbons (Fsp3) is 0.941. The molecule has 1 heterocycles. The van der Waals surface area contributed by atoms with Gasteiger partial charge >= 0.3 is 6.09 Å². The van der Waals surface area contributed by atoms with Crippen LogP contribution in [0, 0.1) is 0 Å². The standard InChI is InChI=1S/C17H35N3O2/c1-5-18(4)10-8-6-7-9-11-19-12-14-20(15-13-19)17(21)22-16(2)3/h16H,5-15H2,1-4H3. The maximum Gasteiger partial charge on any atom is 0.410 e. The zero-order chi connectivity index (χ0) is 16.4. The van der Waals surface area contributed by atoms with Crippen LogP contribution in [0.25, 0.3) is 0 Å². The maximum absolute atomic E-state index is 11.8. The number of nitrogens with zero attached hydrogens (tertiary/aromatic N) is 3. The summed E-state index contributed by atoms with van der Waals surface area (Å²) in [5.41, 5.74) is 0. The molecule has 0 bridgehead atoms. The number of carbonyl (C=O) groups is 1. The molecule has 1 aliphatic rings. The molecule has 22 heavy (non-hydrogen) atoms. The molecule has 0 radical (unpaired) electrons. The molecule has 0 spiro atoms. The maximum atomic E-state index is 11.8. The minimum atomic E-state index is -0.158. The summed E-state index contributed by atoms with van der Waals surface area (Å²) in [6.45, 7) is 13.1. The van der Waals surface area contributed by atoms with Crippen molar-refractivity contribution >= 4 is 6.09 Å². The van der Waals surface area contributed by atoms with E-state index in [0.717, 1.165) is 39.3 Å². The lowest BCUT2D eigenvalue weighted by atomic mass is 10.1. The highest BCUT2D eigenvalue weighted by Crippen LogP contribution is 2.08. The Morgan fingerprint density at radius 3 is 2.32 bits per heavy atom. The van der Waals surface area contributed by atoms with Crippen LogP contribution in [-0.2, 0) is 4.74 Å². The highest BCUT2D eigenvalue weighted by atomic mass is 16.6. The van der Waals surface area contributed by atoms with Gasteiger partial charge in [0.05, 0.1) is 6.10 Å². The predicted molar refractivity (Wildman–Crippen MR) is 91.3 cm³/mol. The number of ether oxygens (including phenoxy) is 1. The molecule has 1 saturated heterocycles. The summed E-state index contributed by atoms with van der Waals surface area (Å²) in [7, 11) is 2.18. The quantitative estimate of drug-likeness (QED) is 0.613. The van der Waals surface area contributed by atoms with Crippen LogP contribution in [0.2, 0.25) is 0 Å². The van der Waals surface area contributed by atoms with E-state index < -0.39 is 0 Å². The smallest absolute Gasteiger partial charge is 0.410 e. The molecule has 1 amide bonds. The molecule has 1 rings (SSSR count). The normalized spacial score (nSPS) is 16.5. The van der Waals surface area contributed by atoms with E-state index in [-0.39, 0.29) is 12.2 Å². The molecule has 0 aromatic carbocycles. The van der Waals surface area contributed by atoms with Crippen LogP contribution >= 0.6 is 0 Å². The van der Waals surface area contributed by atoms with Gasteiger partial charge in [0, 0.05) is 26.2 Å². The van der Waals surface area contributed by atoms with Crippen molar-refractivity contribution in [1.82, 2.24) is 14.7 Å². The van der Waals surface area contributed by atoms with Crippen LogP contribution in [-0.4, -0.2) is 79.8 Å². The molecular weight excluding hydrogens is 278 g/mol. The molecular formula is C17H35N3O2. The number of unbranched alkanes of at least 4 members (excludes halogenated alkanes) is 3. The van der Waals surface area contributed by atoms with Gasteiger partial charge in [-0.05, 0) is 53.4 Å². The first-order valence-corrected chi connectivity index (χ1v) is 8.89. The number of hydrogen-bond acceptors (Lipinski definition) is 4. The zero-order valence-corrected chi connectivity index (χ0v) is 15.0. The molecule has 0 aromatic heterocycles. The summed E-state index contributed by atoms with van der Waals surface area (Å²) in [6, 6.07) is 0. The lowest BCUT2D eigenvalue weighted by Gasteiger charge is -2.34. The number of piperazine rings is 1. The fourth-order valence-electron chi connectivity index (χ4n) is 2.66. The van der Waals surface area contributed by atoms with Crippen molar-refractivity contribution in [2.24, 2.45) is 0 Å². The Morgan fingerprint density at radius 1 is 1.09 bits per heavy atom. The van der Waals surface area contributed by atoms with E-state index in [1.807, 2.05) is 18.7 Å².